The van der Waals surface area contributed by atoms with Gasteiger partial charge in [0.25, 0.3) is 0 Å². The van der Waals surface area contributed by atoms with Gasteiger partial charge in [-0.05, 0) is 13.8 Å². The van der Waals surface area contributed by atoms with Crippen LogP contribution in [0.15, 0.2) is 10.6 Å². The van der Waals surface area contributed by atoms with Crippen LogP contribution in [0.2, 0.25) is 0 Å². The summed E-state index contributed by atoms with van der Waals surface area (Å²) in [5, 5.41) is 6.50. The highest BCUT2D eigenvalue weighted by atomic mass is 16.7. The lowest BCUT2D eigenvalue weighted by atomic mass is 10.0. The van der Waals surface area contributed by atoms with Crippen LogP contribution in [0.3, 0.4) is 0 Å². The average Bonchev–Trinajstić information content (AvgIpc) is 3.09. The van der Waals surface area contributed by atoms with Gasteiger partial charge in [-0.1, -0.05) is 5.16 Å². The zero-order valence-corrected chi connectivity index (χ0v) is 12.4. The third-order valence-corrected chi connectivity index (χ3v) is 4.17. The van der Waals surface area contributed by atoms with Crippen LogP contribution < -0.4 is 5.32 Å². The number of anilines is 1. The molecule has 1 unspecified atom stereocenters. The normalized spacial score (nSPS) is 23.3. The third kappa shape index (κ3) is 3.09. The van der Waals surface area contributed by atoms with E-state index in [-0.39, 0.29) is 11.9 Å². The first-order chi connectivity index (χ1) is 10.1. The first-order valence-electron chi connectivity index (χ1n) is 7.34. The molecular weight excluding hydrogens is 274 g/mol. The van der Waals surface area contributed by atoms with Gasteiger partial charge in [0.15, 0.2) is 5.79 Å². The molecule has 21 heavy (non-hydrogen) atoms. The molecule has 0 aliphatic carbocycles. The SMILES string of the molecule is Cc1cc(NC(=O)C(C)N2CCC3(CC2)OCCO3)on1. The lowest BCUT2D eigenvalue weighted by Crippen LogP contribution is -2.51. The molecule has 1 atom stereocenters. The predicted octanol–water partition coefficient (Wildman–Crippen LogP) is 1.15. The van der Waals surface area contributed by atoms with Crippen LogP contribution in [0.4, 0.5) is 5.88 Å². The van der Waals surface area contributed by atoms with Gasteiger partial charge in [0.1, 0.15) is 0 Å². The molecule has 0 bridgehead atoms. The molecule has 0 saturated carbocycles. The molecule has 1 spiro atoms. The molecule has 1 aromatic heterocycles. The first kappa shape index (κ1) is 14.5. The van der Waals surface area contributed by atoms with E-state index in [0.29, 0.717) is 19.1 Å². The fraction of sp³-hybridized carbons (Fsp3) is 0.714. The smallest absolute Gasteiger partial charge is 0.243 e. The van der Waals surface area contributed by atoms with Crippen molar-refractivity contribution in [2.45, 2.75) is 38.5 Å². The summed E-state index contributed by atoms with van der Waals surface area (Å²) in [4.78, 5) is 14.4. The van der Waals surface area contributed by atoms with Gasteiger partial charge in [0.05, 0.1) is 24.9 Å². The quantitative estimate of drug-likeness (QED) is 0.901. The number of likely N-dealkylation sites (tertiary alicyclic amines) is 1. The molecule has 116 valence electrons. The van der Waals surface area contributed by atoms with Crippen molar-refractivity contribution in [2.24, 2.45) is 0 Å². The van der Waals surface area contributed by atoms with Crippen LogP contribution in [0.1, 0.15) is 25.5 Å². The minimum atomic E-state index is -0.408. The Bertz CT molecular complexity index is 500. The van der Waals surface area contributed by atoms with Gasteiger partial charge in [-0.3, -0.25) is 15.0 Å². The van der Waals surface area contributed by atoms with Crippen molar-refractivity contribution < 1.29 is 18.8 Å². The van der Waals surface area contributed by atoms with E-state index in [1.807, 2.05) is 13.8 Å². The highest BCUT2D eigenvalue weighted by molar-refractivity contribution is 5.93. The Hall–Kier alpha value is -1.44. The molecule has 3 heterocycles. The number of carbonyl (C=O) groups excluding carboxylic acids is 1. The lowest BCUT2D eigenvalue weighted by Gasteiger charge is -2.39. The zero-order chi connectivity index (χ0) is 14.9. The maximum atomic E-state index is 12.2. The molecule has 2 aliphatic rings. The summed E-state index contributed by atoms with van der Waals surface area (Å²) in [6, 6.07) is 1.48. The minimum absolute atomic E-state index is 0.0876. The van der Waals surface area contributed by atoms with Crippen LogP contribution >= 0.6 is 0 Å². The molecule has 7 nitrogen and oxygen atoms in total. The number of amides is 1. The van der Waals surface area contributed by atoms with Gasteiger partial charge in [-0.25, -0.2) is 0 Å². The number of rotatable bonds is 3. The van der Waals surface area contributed by atoms with Gasteiger partial charge in [-0.2, -0.15) is 0 Å². The van der Waals surface area contributed by atoms with Gasteiger partial charge < -0.3 is 14.0 Å². The number of carbonyl (C=O) groups is 1. The molecule has 1 aromatic rings. The van der Waals surface area contributed by atoms with E-state index >= 15 is 0 Å². The van der Waals surface area contributed by atoms with Gasteiger partial charge >= 0.3 is 0 Å². The number of ether oxygens (including phenoxy) is 2. The standard InChI is InChI=1S/C14H21N3O4/c1-10-9-12(21-16-10)15-13(18)11(2)17-5-3-14(4-6-17)19-7-8-20-14/h9,11H,3-8H2,1-2H3,(H,15,18). The Morgan fingerprint density at radius 1 is 1.38 bits per heavy atom. The van der Waals surface area contributed by atoms with E-state index in [4.69, 9.17) is 14.0 Å². The molecule has 2 fully saturated rings. The van der Waals surface area contributed by atoms with Crippen LogP contribution in [0, 0.1) is 6.92 Å². The maximum absolute atomic E-state index is 12.2. The van der Waals surface area contributed by atoms with Crippen molar-refractivity contribution in [3.05, 3.63) is 11.8 Å². The van der Waals surface area contributed by atoms with E-state index in [2.05, 4.69) is 15.4 Å². The molecule has 1 N–H and O–H groups in total. The van der Waals surface area contributed by atoms with Gasteiger partial charge in [0.2, 0.25) is 11.8 Å². The maximum Gasteiger partial charge on any atom is 0.243 e. The lowest BCUT2D eigenvalue weighted by molar-refractivity contribution is -0.187. The van der Waals surface area contributed by atoms with Crippen LogP contribution in [-0.4, -0.2) is 54.1 Å². The Labute approximate surface area is 123 Å². The number of hydrogen-bond donors (Lipinski definition) is 1. The Kier molecular flexibility index (Phi) is 3.97. The fourth-order valence-corrected chi connectivity index (χ4v) is 2.85. The van der Waals surface area contributed by atoms with E-state index in [1.54, 1.807) is 6.07 Å². The Morgan fingerprint density at radius 2 is 2.05 bits per heavy atom. The highest BCUT2D eigenvalue weighted by Gasteiger charge is 2.41. The number of piperidine rings is 1. The van der Waals surface area contributed by atoms with Gasteiger partial charge in [-0.15, -0.1) is 0 Å². The minimum Gasteiger partial charge on any atom is -0.347 e. The Morgan fingerprint density at radius 3 is 2.62 bits per heavy atom. The number of aryl methyl sites for hydroxylation is 1. The predicted molar refractivity (Wildman–Crippen MR) is 74.8 cm³/mol. The van der Waals surface area contributed by atoms with Gasteiger partial charge in [0, 0.05) is 32.0 Å². The highest BCUT2D eigenvalue weighted by Crippen LogP contribution is 2.31. The topological polar surface area (TPSA) is 76.8 Å². The summed E-state index contributed by atoms with van der Waals surface area (Å²) < 4.78 is 16.4. The number of nitrogens with zero attached hydrogens (tertiary/aromatic N) is 2. The second-order valence-corrected chi connectivity index (χ2v) is 5.64. The van der Waals surface area contributed by atoms with Crippen molar-refractivity contribution in [1.29, 1.82) is 0 Å². The number of hydrogen-bond acceptors (Lipinski definition) is 6. The second-order valence-electron chi connectivity index (χ2n) is 5.64. The third-order valence-electron chi connectivity index (χ3n) is 4.17. The summed E-state index contributed by atoms with van der Waals surface area (Å²) in [5.41, 5.74) is 0.744. The molecule has 1 amide bonds. The summed E-state index contributed by atoms with van der Waals surface area (Å²) in [6.45, 7) is 6.61. The summed E-state index contributed by atoms with van der Waals surface area (Å²) in [5.74, 6) is -0.106. The first-order valence-corrected chi connectivity index (χ1v) is 7.34. The van der Waals surface area contributed by atoms with Crippen molar-refractivity contribution in [3.8, 4) is 0 Å². The fourth-order valence-electron chi connectivity index (χ4n) is 2.85. The van der Waals surface area contributed by atoms with Crippen molar-refractivity contribution in [2.75, 3.05) is 31.6 Å². The summed E-state index contributed by atoms with van der Waals surface area (Å²) >= 11 is 0. The van der Waals surface area contributed by atoms with E-state index in [1.165, 1.54) is 0 Å². The molecule has 2 saturated heterocycles. The van der Waals surface area contributed by atoms with Crippen LogP contribution in [-0.2, 0) is 14.3 Å². The molecule has 2 aliphatic heterocycles. The van der Waals surface area contributed by atoms with Crippen LogP contribution in [0.5, 0.6) is 0 Å². The molecule has 3 rings (SSSR count). The second kappa shape index (κ2) is 5.75. The van der Waals surface area contributed by atoms with E-state index < -0.39 is 5.79 Å². The zero-order valence-electron chi connectivity index (χ0n) is 12.4. The van der Waals surface area contributed by atoms with Crippen molar-refractivity contribution in [1.82, 2.24) is 10.1 Å². The molecule has 0 aromatic carbocycles. The number of nitrogens with one attached hydrogen (secondary N) is 1. The van der Waals surface area contributed by atoms with Crippen LogP contribution in [0.25, 0.3) is 0 Å². The number of aromatic nitrogens is 1. The average molecular weight is 295 g/mol. The molecule has 0 radical (unpaired) electrons. The summed E-state index contributed by atoms with van der Waals surface area (Å²) in [7, 11) is 0. The van der Waals surface area contributed by atoms with Crippen molar-refractivity contribution >= 4 is 11.8 Å². The molecule has 7 heteroatoms. The monoisotopic (exact) mass is 295 g/mol. The summed E-state index contributed by atoms with van der Waals surface area (Å²) in [6.07, 6.45) is 1.60. The largest absolute Gasteiger partial charge is 0.347 e. The molecular formula is C14H21N3O4. The Balaban J connectivity index is 1.53. The van der Waals surface area contributed by atoms with E-state index in [9.17, 15) is 4.79 Å². The van der Waals surface area contributed by atoms with Crippen molar-refractivity contribution in [3.63, 3.8) is 0 Å². The van der Waals surface area contributed by atoms with E-state index in [0.717, 1.165) is 31.6 Å².